The molecule has 74 valence electrons. The summed E-state index contributed by atoms with van der Waals surface area (Å²) < 4.78 is 0. The van der Waals surface area contributed by atoms with Crippen molar-refractivity contribution in [3.05, 3.63) is 36.4 Å². The van der Waals surface area contributed by atoms with Gasteiger partial charge in [0.05, 0.1) is 11.4 Å². The highest BCUT2D eigenvalue weighted by Crippen LogP contribution is 2.19. The number of nitrogen functional groups attached to an aromatic ring is 1. The topological polar surface area (TPSA) is 81.1 Å². The van der Waals surface area contributed by atoms with Gasteiger partial charge in [-0.1, -0.05) is 12.6 Å². The summed E-state index contributed by atoms with van der Waals surface area (Å²) in [7, 11) is 0. The van der Waals surface area contributed by atoms with E-state index in [-0.39, 0.29) is 5.91 Å². The van der Waals surface area contributed by atoms with E-state index in [1.54, 1.807) is 12.1 Å². The van der Waals surface area contributed by atoms with E-state index in [1.165, 1.54) is 6.08 Å². The molecule has 0 radical (unpaired) electrons. The summed E-state index contributed by atoms with van der Waals surface area (Å²) in [5.41, 5.74) is 13.1. The van der Waals surface area contributed by atoms with Crippen molar-refractivity contribution in [2.45, 2.75) is 6.54 Å². The van der Waals surface area contributed by atoms with Crippen LogP contribution in [0.15, 0.2) is 30.9 Å². The number of nitrogens with one attached hydrogen (secondary N) is 1. The van der Waals surface area contributed by atoms with Crippen molar-refractivity contribution in [1.29, 1.82) is 0 Å². The average molecular weight is 191 g/mol. The van der Waals surface area contributed by atoms with Gasteiger partial charge in [0.15, 0.2) is 0 Å². The lowest BCUT2D eigenvalue weighted by Gasteiger charge is -2.07. The summed E-state index contributed by atoms with van der Waals surface area (Å²) in [5.74, 6) is -0.280. The van der Waals surface area contributed by atoms with Gasteiger partial charge in [-0.15, -0.1) is 0 Å². The van der Waals surface area contributed by atoms with Gasteiger partial charge < -0.3 is 16.8 Å². The lowest BCUT2D eigenvalue weighted by molar-refractivity contribution is -0.111. The minimum Gasteiger partial charge on any atom is -0.397 e. The van der Waals surface area contributed by atoms with E-state index in [9.17, 15) is 4.79 Å². The Bertz CT molecular complexity index is 360. The van der Waals surface area contributed by atoms with Crippen LogP contribution in [-0.2, 0) is 11.3 Å². The molecule has 5 N–H and O–H groups in total. The molecule has 1 aromatic rings. The number of hydrogen-bond acceptors (Lipinski definition) is 3. The standard InChI is InChI=1S/C10H13N3O/c1-2-10(14)13-9-4-3-7(6-11)5-8(9)12/h2-5H,1,6,11-12H2,(H,13,14). The Balaban J connectivity index is 2.88. The third-order valence-corrected chi connectivity index (χ3v) is 1.79. The molecule has 0 aromatic heterocycles. The van der Waals surface area contributed by atoms with Crippen LogP contribution in [0.3, 0.4) is 0 Å². The van der Waals surface area contributed by atoms with Gasteiger partial charge in [-0.05, 0) is 23.8 Å². The van der Waals surface area contributed by atoms with Crippen LogP contribution in [0.4, 0.5) is 11.4 Å². The minimum absolute atomic E-state index is 0.280. The van der Waals surface area contributed by atoms with E-state index in [0.717, 1.165) is 5.56 Å². The summed E-state index contributed by atoms with van der Waals surface area (Å²) in [6.45, 7) is 3.78. The molecule has 1 rings (SSSR count). The summed E-state index contributed by atoms with van der Waals surface area (Å²) in [6.07, 6.45) is 1.19. The first-order valence-electron chi connectivity index (χ1n) is 4.19. The van der Waals surface area contributed by atoms with Crippen LogP contribution in [0.1, 0.15) is 5.56 Å². The van der Waals surface area contributed by atoms with E-state index in [0.29, 0.717) is 17.9 Å². The van der Waals surface area contributed by atoms with Crippen LogP contribution >= 0.6 is 0 Å². The molecule has 0 heterocycles. The van der Waals surface area contributed by atoms with Crippen molar-refractivity contribution in [1.82, 2.24) is 0 Å². The molecule has 0 aliphatic rings. The SMILES string of the molecule is C=CC(=O)Nc1ccc(CN)cc1N. The molecule has 4 heteroatoms. The Morgan fingerprint density at radius 3 is 2.79 bits per heavy atom. The molecular formula is C10H13N3O. The third-order valence-electron chi connectivity index (χ3n) is 1.79. The van der Waals surface area contributed by atoms with E-state index in [4.69, 9.17) is 11.5 Å². The van der Waals surface area contributed by atoms with E-state index < -0.39 is 0 Å². The maximum atomic E-state index is 11.0. The molecule has 0 saturated heterocycles. The van der Waals surface area contributed by atoms with Crippen molar-refractivity contribution in [2.75, 3.05) is 11.1 Å². The fraction of sp³-hybridized carbons (Fsp3) is 0.100. The number of nitrogens with two attached hydrogens (primary N) is 2. The van der Waals surface area contributed by atoms with Gasteiger partial charge in [0, 0.05) is 6.54 Å². The van der Waals surface area contributed by atoms with Crippen molar-refractivity contribution < 1.29 is 4.79 Å². The van der Waals surface area contributed by atoms with Crippen LogP contribution < -0.4 is 16.8 Å². The van der Waals surface area contributed by atoms with Crippen LogP contribution in [0.25, 0.3) is 0 Å². The smallest absolute Gasteiger partial charge is 0.247 e. The summed E-state index contributed by atoms with van der Waals surface area (Å²) in [5, 5.41) is 2.59. The van der Waals surface area contributed by atoms with Crippen LogP contribution in [0, 0.1) is 0 Å². The normalized spacial score (nSPS) is 9.50. The number of carbonyl (C=O) groups is 1. The first-order chi connectivity index (χ1) is 6.67. The predicted molar refractivity (Wildman–Crippen MR) is 57.6 cm³/mol. The van der Waals surface area contributed by atoms with Gasteiger partial charge in [0.25, 0.3) is 0 Å². The number of benzene rings is 1. The second kappa shape index (κ2) is 4.43. The van der Waals surface area contributed by atoms with Crippen LogP contribution in [0.2, 0.25) is 0 Å². The first-order valence-corrected chi connectivity index (χ1v) is 4.19. The van der Waals surface area contributed by atoms with Crippen molar-refractivity contribution in [3.8, 4) is 0 Å². The number of carbonyl (C=O) groups excluding carboxylic acids is 1. The highest BCUT2D eigenvalue weighted by atomic mass is 16.1. The van der Waals surface area contributed by atoms with Gasteiger partial charge in [0.1, 0.15) is 0 Å². The molecule has 1 aromatic carbocycles. The zero-order valence-electron chi connectivity index (χ0n) is 7.79. The highest BCUT2D eigenvalue weighted by molar-refractivity contribution is 6.00. The highest BCUT2D eigenvalue weighted by Gasteiger charge is 2.01. The molecule has 14 heavy (non-hydrogen) atoms. The van der Waals surface area contributed by atoms with Gasteiger partial charge in [-0.3, -0.25) is 4.79 Å². The van der Waals surface area contributed by atoms with Gasteiger partial charge in [-0.25, -0.2) is 0 Å². The quantitative estimate of drug-likeness (QED) is 0.489. The van der Waals surface area contributed by atoms with E-state index in [1.807, 2.05) is 6.07 Å². The van der Waals surface area contributed by atoms with Crippen LogP contribution in [-0.4, -0.2) is 5.91 Å². The monoisotopic (exact) mass is 191 g/mol. The first kappa shape index (κ1) is 10.3. The fourth-order valence-corrected chi connectivity index (χ4v) is 1.04. The second-order valence-electron chi connectivity index (χ2n) is 2.82. The molecular weight excluding hydrogens is 178 g/mol. The van der Waals surface area contributed by atoms with E-state index in [2.05, 4.69) is 11.9 Å². The maximum Gasteiger partial charge on any atom is 0.247 e. The summed E-state index contributed by atoms with van der Waals surface area (Å²) in [4.78, 5) is 11.0. The molecule has 0 bridgehead atoms. The Hall–Kier alpha value is -1.81. The second-order valence-corrected chi connectivity index (χ2v) is 2.82. The Kier molecular flexibility index (Phi) is 3.25. The average Bonchev–Trinajstić information content (AvgIpc) is 2.20. The number of rotatable bonds is 3. The molecule has 0 fully saturated rings. The van der Waals surface area contributed by atoms with E-state index >= 15 is 0 Å². The van der Waals surface area contributed by atoms with Gasteiger partial charge in [0.2, 0.25) is 5.91 Å². The Labute approximate surface area is 82.6 Å². The molecule has 0 aliphatic heterocycles. The summed E-state index contributed by atoms with van der Waals surface area (Å²) in [6, 6.07) is 5.27. The fourth-order valence-electron chi connectivity index (χ4n) is 1.04. The third kappa shape index (κ3) is 2.34. The molecule has 0 saturated carbocycles. The molecule has 0 atom stereocenters. The van der Waals surface area contributed by atoms with Crippen molar-refractivity contribution >= 4 is 17.3 Å². The number of anilines is 2. The predicted octanol–water partition coefficient (Wildman–Crippen LogP) is 0.852. The largest absolute Gasteiger partial charge is 0.397 e. The number of hydrogen-bond donors (Lipinski definition) is 3. The zero-order chi connectivity index (χ0) is 10.6. The molecule has 1 amide bonds. The molecule has 0 spiro atoms. The van der Waals surface area contributed by atoms with Gasteiger partial charge in [-0.2, -0.15) is 0 Å². The zero-order valence-corrected chi connectivity index (χ0v) is 7.79. The van der Waals surface area contributed by atoms with Gasteiger partial charge >= 0.3 is 0 Å². The Morgan fingerprint density at radius 1 is 1.57 bits per heavy atom. The lowest BCUT2D eigenvalue weighted by atomic mass is 10.1. The van der Waals surface area contributed by atoms with Crippen molar-refractivity contribution in [2.24, 2.45) is 5.73 Å². The molecule has 4 nitrogen and oxygen atoms in total. The van der Waals surface area contributed by atoms with Crippen molar-refractivity contribution in [3.63, 3.8) is 0 Å². The lowest BCUT2D eigenvalue weighted by Crippen LogP contribution is -2.09. The number of amides is 1. The molecule has 0 unspecified atom stereocenters. The molecule has 0 aliphatic carbocycles. The van der Waals surface area contributed by atoms with Crippen LogP contribution in [0.5, 0.6) is 0 Å². The Morgan fingerprint density at radius 2 is 2.29 bits per heavy atom. The summed E-state index contributed by atoms with van der Waals surface area (Å²) >= 11 is 0. The minimum atomic E-state index is -0.280. The maximum absolute atomic E-state index is 11.0.